The first-order chi connectivity index (χ1) is 17.0. The standard InChI is InChI=1S/C27H22N2O5S/c1-3-34-19-13-14-20-21(15-19)35-27(28-20)29-23(16-9-11-18(33-2)12-10-16)22(25(31)26(29)32)24(30)17-7-5-4-6-8-17/h4-15,23,30H,3H2,1-2H3/b24-22+/t23-/m1/s1. The quantitative estimate of drug-likeness (QED) is 0.225. The van der Waals surface area contributed by atoms with Gasteiger partial charge in [0.1, 0.15) is 17.3 Å². The van der Waals surface area contributed by atoms with E-state index in [4.69, 9.17) is 9.47 Å². The minimum absolute atomic E-state index is 0.0145. The number of nitrogens with zero attached hydrogens (tertiary/aromatic N) is 2. The molecule has 1 N–H and O–H groups in total. The van der Waals surface area contributed by atoms with Crippen LogP contribution in [0.4, 0.5) is 5.13 Å². The zero-order valence-electron chi connectivity index (χ0n) is 19.1. The van der Waals surface area contributed by atoms with Gasteiger partial charge in [0.2, 0.25) is 0 Å². The van der Waals surface area contributed by atoms with Crippen molar-refractivity contribution in [2.75, 3.05) is 18.6 Å². The molecule has 35 heavy (non-hydrogen) atoms. The van der Waals surface area contributed by atoms with Gasteiger partial charge in [-0.1, -0.05) is 53.8 Å². The largest absolute Gasteiger partial charge is 0.507 e. The second kappa shape index (κ2) is 9.23. The molecule has 1 saturated heterocycles. The lowest BCUT2D eigenvalue weighted by molar-refractivity contribution is -0.132. The first-order valence-corrected chi connectivity index (χ1v) is 11.9. The Hall–Kier alpha value is -4.17. The fourth-order valence-corrected chi connectivity index (χ4v) is 5.16. The lowest BCUT2D eigenvalue weighted by Crippen LogP contribution is -2.29. The highest BCUT2D eigenvalue weighted by molar-refractivity contribution is 7.22. The Bertz CT molecular complexity index is 1440. The molecule has 0 aliphatic carbocycles. The van der Waals surface area contributed by atoms with Gasteiger partial charge >= 0.3 is 5.91 Å². The maximum absolute atomic E-state index is 13.4. The monoisotopic (exact) mass is 486 g/mol. The molecule has 1 fully saturated rings. The SMILES string of the molecule is CCOc1ccc2nc(N3C(=O)C(=O)/C(=C(/O)c4ccccc4)[C@H]3c3ccc(OC)cc3)sc2c1. The number of rotatable bonds is 6. The molecule has 2 heterocycles. The van der Waals surface area contributed by atoms with Crippen LogP contribution in [0.2, 0.25) is 0 Å². The van der Waals surface area contributed by atoms with Crippen LogP contribution in [0.3, 0.4) is 0 Å². The van der Waals surface area contributed by atoms with Gasteiger partial charge in [0.15, 0.2) is 5.13 Å². The molecule has 0 radical (unpaired) electrons. The minimum Gasteiger partial charge on any atom is -0.507 e. The molecule has 3 aromatic carbocycles. The predicted octanol–water partition coefficient (Wildman–Crippen LogP) is 5.33. The van der Waals surface area contributed by atoms with Crippen LogP contribution in [0.5, 0.6) is 11.5 Å². The topological polar surface area (TPSA) is 89.0 Å². The number of ketones is 1. The molecule has 176 valence electrons. The maximum Gasteiger partial charge on any atom is 0.301 e. The number of carbonyl (C=O) groups excluding carboxylic acids is 2. The summed E-state index contributed by atoms with van der Waals surface area (Å²) in [4.78, 5) is 32.7. The number of hydrogen-bond donors (Lipinski definition) is 1. The van der Waals surface area contributed by atoms with Crippen molar-refractivity contribution in [3.63, 3.8) is 0 Å². The van der Waals surface area contributed by atoms with Crippen LogP contribution in [-0.4, -0.2) is 35.5 Å². The maximum atomic E-state index is 13.4. The minimum atomic E-state index is -0.854. The molecule has 1 amide bonds. The van der Waals surface area contributed by atoms with E-state index >= 15 is 0 Å². The molecule has 4 aromatic rings. The first kappa shape index (κ1) is 22.6. The second-order valence-electron chi connectivity index (χ2n) is 7.87. The van der Waals surface area contributed by atoms with E-state index in [1.54, 1.807) is 55.6 Å². The highest BCUT2D eigenvalue weighted by Crippen LogP contribution is 2.44. The van der Waals surface area contributed by atoms with Crippen molar-refractivity contribution in [3.8, 4) is 11.5 Å². The number of hydrogen-bond acceptors (Lipinski definition) is 7. The third-order valence-corrected chi connectivity index (χ3v) is 6.81. The summed E-state index contributed by atoms with van der Waals surface area (Å²) in [6, 6.07) is 20.4. The normalized spacial score (nSPS) is 17.2. The molecule has 1 aliphatic rings. The zero-order valence-corrected chi connectivity index (χ0v) is 19.9. The lowest BCUT2D eigenvalue weighted by atomic mass is 9.95. The first-order valence-electron chi connectivity index (χ1n) is 11.1. The van der Waals surface area contributed by atoms with Gasteiger partial charge in [-0.25, -0.2) is 4.98 Å². The number of aliphatic hydroxyl groups excluding tert-OH is 1. The van der Waals surface area contributed by atoms with E-state index in [0.29, 0.717) is 39.9 Å². The fraction of sp³-hybridized carbons (Fsp3) is 0.148. The Morgan fingerprint density at radius 2 is 1.74 bits per heavy atom. The Morgan fingerprint density at radius 3 is 2.43 bits per heavy atom. The van der Waals surface area contributed by atoms with E-state index in [2.05, 4.69) is 4.98 Å². The molecular weight excluding hydrogens is 464 g/mol. The molecule has 0 saturated carbocycles. The number of thiazole rings is 1. The summed E-state index contributed by atoms with van der Waals surface area (Å²) in [6.07, 6.45) is 0. The smallest absolute Gasteiger partial charge is 0.301 e. The number of fused-ring (bicyclic) bond motifs is 1. The van der Waals surface area contributed by atoms with E-state index in [0.717, 1.165) is 4.70 Å². The van der Waals surface area contributed by atoms with E-state index in [-0.39, 0.29) is 11.3 Å². The summed E-state index contributed by atoms with van der Waals surface area (Å²) < 4.78 is 11.7. The number of aliphatic hydroxyl groups is 1. The average Bonchev–Trinajstić information content (AvgIpc) is 3.42. The zero-order chi connectivity index (χ0) is 24.5. The van der Waals surface area contributed by atoms with Crippen molar-refractivity contribution in [2.45, 2.75) is 13.0 Å². The van der Waals surface area contributed by atoms with Crippen molar-refractivity contribution in [1.29, 1.82) is 0 Å². The highest BCUT2D eigenvalue weighted by Gasteiger charge is 2.48. The summed E-state index contributed by atoms with van der Waals surface area (Å²) in [7, 11) is 1.56. The number of Topliss-reactive ketones (excluding diaryl/α,β-unsaturated/α-hetero) is 1. The van der Waals surface area contributed by atoms with Gasteiger partial charge < -0.3 is 14.6 Å². The van der Waals surface area contributed by atoms with Gasteiger partial charge in [-0.3, -0.25) is 14.5 Å². The van der Waals surface area contributed by atoms with Gasteiger partial charge in [0, 0.05) is 5.56 Å². The van der Waals surface area contributed by atoms with Crippen molar-refractivity contribution in [2.24, 2.45) is 0 Å². The van der Waals surface area contributed by atoms with E-state index < -0.39 is 17.7 Å². The molecule has 0 bridgehead atoms. The van der Waals surface area contributed by atoms with Crippen molar-refractivity contribution >= 4 is 44.1 Å². The summed E-state index contributed by atoms with van der Waals surface area (Å²) in [6.45, 7) is 2.44. The van der Waals surface area contributed by atoms with Crippen LogP contribution >= 0.6 is 11.3 Å². The molecule has 1 aromatic heterocycles. The highest BCUT2D eigenvalue weighted by atomic mass is 32.1. The second-order valence-corrected chi connectivity index (χ2v) is 8.88. The van der Waals surface area contributed by atoms with Crippen LogP contribution in [0.25, 0.3) is 16.0 Å². The number of ether oxygens (including phenoxy) is 2. The number of methoxy groups -OCH3 is 1. The van der Waals surface area contributed by atoms with E-state index in [1.165, 1.54) is 16.2 Å². The Labute approximate surface area is 205 Å². The molecule has 1 atom stereocenters. The average molecular weight is 487 g/mol. The molecular formula is C27H22N2O5S. The molecule has 0 spiro atoms. The molecule has 0 unspecified atom stereocenters. The number of carbonyl (C=O) groups is 2. The predicted molar refractivity (Wildman–Crippen MR) is 135 cm³/mol. The molecule has 1 aliphatic heterocycles. The van der Waals surface area contributed by atoms with E-state index in [1.807, 2.05) is 31.2 Å². The van der Waals surface area contributed by atoms with Gasteiger partial charge in [-0.2, -0.15) is 0 Å². The third kappa shape index (κ3) is 4.02. The van der Waals surface area contributed by atoms with Crippen LogP contribution < -0.4 is 14.4 Å². The van der Waals surface area contributed by atoms with Gasteiger partial charge in [-0.15, -0.1) is 0 Å². The number of amides is 1. The van der Waals surface area contributed by atoms with Gasteiger partial charge in [-0.05, 0) is 42.8 Å². The summed E-state index contributed by atoms with van der Waals surface area (Å²) >= 11 is 1.29. The molecule has 7 nitrogen and oxygen atoms in total. The summed E-state index contributed by atoms with van der Waals surface area (Å²) in [5.41, 5.74) is 1.80. The summed E-state index contributed by atoms with van der Waals surface area (Å²) in [5.74, 6) is -0.397. The van der Waals surface area contributed by atoms with Crippen LogP contribution in [-0.2, 0) is 9.59 Å². The molecule has 5 rings (SSSR count). The Morgan fingerprint density at radius 1 is 1.03 bits per heavy atom. The molecule has 8 heteroatoms. The van der Waals surface area contributed by atoms with Gasteiger partial charge in [0.25, 0.3) is 5.78 Å². The third-order valence-electron chi connectivity index (χ3n) is 5.79. The van der Waals surface area contributed by atoms with Crippen molar-refractivity contribution in [3.05, 3.63) is 89.5 Å². The number of aromatic nitrogens is 1. The lowest BCUT2D eigenvalue weighted by Gasteiger charge is -2.23. The van der Waals surface area contributed by atoms with Crippen molar-refractivity contribution in [1.82, 2.24) is 4.98 Å². The van der Waals surface area contributed by atoms with Crippen LogP contribution in [0.1, 0.15) is 24.1 Å². The van der Waals surface area contributed by atoms with E-state index in [9.17, 15) is 14.7 Å². The number of benzene rings is 3. The Kier molecular flexibility index (Phi) is 5.96. The summed E-state index contributed by atoms with van der Waals surface area (Å²) in [5, 5.41) is 11.5. The Balaban J connectivity index is 1.69. The fourth-order valence-electron chi connectivity index (χ4n) is 4.14. The van der Waals surface area contributed by atoms with Crippen molar-refractivity contribution < 1.29 is 24.2 Å². The van der Waals surface area contributed by atoms with Gasteiger partial charge in [0.05, 0.1) is 35.5 Å². The number of anilines is 1. The van der Waals surface area contributed by atoms with Crippen LogP contribution in [0, 0.1) is 0 Å². The van der Waals surface area contributed by atoms with Crippen LogP contribution in [0.15, 0.2) is 78.4 Å².